The van der Waals surface area contributed by atoms with Gasteiger partial charge in [-0.25, -0.2) is 4.98 Å². The zero-order valence-electron chi connectivity index (χ0n) is 21.1. The molecule has 9 nitrogen and oxygen atoms in total. The highest BCUT2D eigenvalue weighted by Gasteiger charge is 2.33. The average Bonchev–Trinajstić information content (AvgIpc) is 3.45. The molecule has 1 aliphatic carbocycles. The fourth-order valence-electron chi connectivity index (χ4n) is 4.93. The first kappa shape index (κ1) is 24.6. The summed E-state index contributed by atoms with van der Waals surface area (Å²) >= 11 is 0. The van der Waals surface area contributed by atoms with Gasteiger partial charge in [-0.1, -0.05) is 19.8 Å². The van der Waals surface area contributed by atoms with Crippen molar-refractivity contribution < 1.29 is 9.59 Å². The summed E-state index contributed by atoms with van der Waals surface area (Å²) in [5.41, 5.74) is 4.26. The third kappa shape index (κ3) is 5.44. The van der Waals surface area contributed by atoms with E-state index in [4.69, 9.17) is 0 Å². The van der Waals surface area contributed by atoms with Gasteiger partial charge in [0.25, 0.3) is 5.91 Å². The summed E-state index contributed by atoms with van der Waals surface area (Å²) in [5, 5.41) is 17.4. The van der Waals surface area contributed by atoms with E-state index in [9.17, 15) is 9.59 Å². The second-order valence-electron chi connectivity index (χ2n) is 9.96. The predicted molar refractivity (Wildman–Crippen MR) is 135 cm³/mol. The molecule has 0 aliphatic heterocycles. The van der Waals surface area contributed by atoms with Crippen LogP contribution in [0.3, 0.4) is 0 Å². The molecule has 0 spiro atoms. The summed E-state index contributed by atoms with van der Waals surface area (Å²) in [4.78, 5) is 31.1. The van der Waals surface area contributed by atoms with Gasteiger partial charge in [0.05, 0.1) is 5.69 Å². The highest BCUT2D eigenvalue weighted by molar-refractivity contribution is 6.00. The normalized spacial score (nSPS) is 18.9. The summed E-state index contributed by atoms with van der Waals surface area (Å²) in [6.45, 7) is 10.1. The molecular weight excluding hydrogens is 442 g/mol. The van der Waals surface area contributed by atoms with Crippen molar-refractivity contribution in [3.8, 4) is 11.1 Å². The summed E-state index contributed by atoms with van der Waals surface area (Å²) in [5.74, 6) is 0.625. The lowest BCUT2D eigenvalue weighted by molar-refractivity contribution is -0.119. The van der Waals surface area contributed by atoms with Gasteiger partial charge in [-0.15, -0.1) is 0 Å². The second kappa shape index (κ2) is 10.4. The smallest absolute Gasteiger partial charge is 0.270 e. The lowest BCUT2D eigenvalue weighted by Gasteiger charge is -2.32. The Morgan fingerprint density at radius 3 is 2.46 bits per heavy atom. The van der Waals surface area contributed by atoms with Gasteiger partial charge in [-0.3, -0.25) is 19.4 Å². The predicted octanol–water partition coefficient (Wildman–Crippen LogP) is 4.43. The lowest BCUT2D eigenvalue weighted by atomic mass is 9.79. The average molecular weight is 478 g/mol. The molecule has 0 aromatic carbocycles. The maximum atomic E-state index is 13.4. The van der Waals surface area contributed by atoms with Gasteiger partial charge in [0.2, 0.25) is 5.91 Å². The van der Waals surface area contributed by atoms with Crippen LogP contribution in [-0.2, 0) is 4.79 Å². The van der Waals surface area contributed by atoms with Crippen molar-refractivity contribution in [2.45, 2.75) is 72.4 Å². The minimum Gasteiger partial charge on any atom is -0.339 e. The number of hydrogen-bond donors (Lipinski definition) is 3. The van der Waals surface area contributed by atoms with Gasteiger partial charge >= 0.3 is 0 Å². The zero-order valence-corrected chi connectivity index (χ0v) is 21.1. The van der Waals surface area contributed by atoms with Gasteiger partial charge < -0.3 is 10.6 Å². The van der Waals surface area contributed by atoms with Crippen LogP contribution in [-0.4, -0.2) is 42.8 Å². The van der Waals surface area contributed by atoms with Crippen LogP contribution in [0.15, 0.2) is 30.6 Å². The number of pyridine rings is 1. The van der Waals surface area contributed by atoms with E-state index in [0.717, 1.165) is 48.2 Å². The van der Waals surface area contributed by atoms with Crippen molar-refractivity contribution in [1.82, 2.24) is 30.3 Å². The van der Waals surface area contributed by atoms with Crippen LogP contribution in [0, 0.1) is 25.7 Å². The SMILES string of the molecule is Cc1n[nH]c(C)c1-c1ccc(NC(=O)[C@@H](NC(=O)c2ccnn2C(C)C)[C@H]2CC[C@H](C)CC2)nc1. The van der Waals surface area contributed by atoms with Crippen LogP contribution < -0.4 is 10.6 Å². The Kier molecular flexibility index (Phi) is 7.33. The molecule has 2 amide bonds. The number of carbonyl (C=O) groups excluding carboxylic acids is 2. The number of rotatable bonds is 7. The minimum absolute atomic E-state index is 0.0405. The van der Waals surface area contributed by atoms with E-state index in [1.807, 2.05) is 33.8 Å². The molecule has 186 valence electrons. The van der Waals surface area contributed by atoms with Crippen LogP contribution in [0.5, 0.6) is 0 Å². The number of hydrogen-bond acceptors (Lipinski definition) is 5. The molecule has 3 N–H and O–H groups in total. The largest absolute Gasteiger partial charge is 0.339 e. The molecule has 1 saturated carbocycles. The van der Waals surface area contributed by atoms with Crippen LogP contribution >= 0.6 is 0 Å². The second-order valence-corrected chi connectivity index (χ2v) is 9.96. The number of aromatic amines is 1. The number of anilines is 1. The quantitative estimate of drug-likeness (QED) is 0.465. The Labute approximate surface area is 206 Å². The van der Waals surface area contributed by atoms with Gasteiger partial charge in [-0.05, 0) is 70.6 Å². The minimum atomic E-state index is -0.648. The fraction of sp³-hybridized carbons (Fsp3) is 0.500. The van der Waals surface area contributed by atoms with E-state index in [1.54, 1.807) is 29.2 Å². The summed E-state index contributed by atoms with van der Waals surface area (Å²) in [6.07, 6.45) is 7.23. The number of H-pyrrole nitrogens is 1. The Morgan fingerprint density at radius 2 is 1.86 bits per heavy atom. The van der Waals surface area contributed by atoms with E-state index >= 15 is 0 Å². The van der Waals surface area contributed by atoms with Gasteiger partial charge in [0.1, 0.15) is 17.6 Å². The van der Waals surface area contributed by atoms with Gasteiger partial charge in [0.15, 0.2) is 0 Å². The van der Waals surface area contributed by atoms with Crippen molar-refractivity contribution in [2.24, 2.45) is 11.8 Å². The molecule has 3 heterocycles. The van der Waals surface area contributed by atoms with Crippen molar-refractivity contribution in [3.05, 3.63) is 47.7 Å². The molecule has 1 aliphatic rings. The highest BCUT2D eigenvalue weighted by atomic mass is 16.2. The summed E-state index contributed by atoms with van der Waals surface area (Å²) in [6, 6.07) is 4.79. The van der Waals surface area contributed by atoms with Gasteiger partial charge in [-0.2, -0.15) is 10.2 Å². The molecular formula is C26H35N7O2. The molecule has 0 saturated heterocycles. The van der Waals surface area contributed by atoms with E-state index < -0.39 is 6.04 Å². The van der Waals surface area contributed by atoms with Crippen LogP contribution in [0.2, 0.25) is 0 Å². The van der Waals surface area contributed by atoms with E-state index in [-0.39, 0.29) is 23.8 Å². The number of aromatic nitrogens is 5. The van der Waals surface area contributed by atoms with Crippen molar-refractivity contribution in [2.75, 3.05) is 5.32 Å². The molecule has 35 heavy (non-hydrogen) atoms. The van der Waals surface area contributed by atoms with Crippen LogP contribution in [0.1, 0.15) is 74.4 Å². The Bertz CT molecular complexity index is 1150. The molecule has 1 fully saturated rings. The van der Waals surface area contributed by atoms with Crippen molar-refractivity contribution in [3.63, 3.8) is 0 Å². The molecule has 0 bridgehead atoms. The molecule has 1 atom stereocenters. The number of nitrogens with zero attached hydrogens (tertiary/aromatic N) is 4. The number of nitrogens with one attached hydrogen (secondary N) is 3. The summed E-state index contributed by atoms with van der Waals surface area (Å²) in [7, 11) is 0. The molecule has 3 aromatic heterocycles. The monoisotopic (exact) mass is 477 g/mol. The maximum absolute atomic E-state index is 13.4. The molecule has 4 rings (SSSR count). The fourth-order valence-corrected chi connectivity index (χ4v) is 4.93. The maximum Gasteiger partial charge on any atom is 0.270 e. The van der Waals surface area contributed by atoms with Gasteiger partial charge in [0, 0.05) is 35.3 Å². The van der Waals surface area contributed by atoms with Crippen LogP contribution in [0.4, 0.5) is 5.82 Å². The van der Waals surface area contributed by atoms with Crippen molar-refractivity contribution in [1.29, 1.82) is 0 Å². The highest BCUT2D eigenvalue weighted by Crippen LogP contribution is 2.31. The first-order valence-corrected chi connectivity index (χ1v) is 12.4. The van der Waals surface area contributed by atoms with Crippen molar-refractivity contribution >= 4 is 17.6 Å². The lowest BCUT2D eigenvalue weighted by Crippen LogP contribution is -2.49. The Balaban J connectivity index is 1.52. The zero-order chi connectivity index (χ0) is 25.1. The third-order valence-corrected chi connectivity index (χ3v) is 6.92. The van der Waals surface area contributed by atoms with E-state index in [2.05, 4.69) is 37.8 Å². The third-order valence-electron chi connectivity index (χ3n) is 6.92. The molecule has 0 radical (unpaired) electrons. The van der Waals surface area contributed by atoms with E-state index in [0.29, 0.717) is 17.4 Å². The molecule has 9 heteroatoms. The first-order chi connectivity index (χ1) is 16.7. The Morgan fingerprint density at radius 1 is 1.11 bits per heavy atom. The standard InChI is InChI=1S/C26H35N7O2/c1-15(2)33-21(12-13-28-33)25(34)30-24(19-8-6-16(3)7-9-19)26(35)29-22-11-10-20(14-27-22)23-17(4)31-32-18(23)5/h10-16,19,24H,6-9H2,1-5H3,(H,30,34)(H,31,32)(H,27,29,35)/t16-,19-,24-/m0/s1. The topological polar surface area (TPSA) is 118 Å². The Hall–Kier alpha value is -3.49. The first-order valence-electron chi connectivity index (χ1n) is 12.4. The van der Waals surface area contributed by atoms with E-state index in [1.165, 1.54) is 0 Å². The number of carbonyl (C=O) groups is 2. The van der Waals surface area contributed by atoms with Crippen LogP contribution in [0.25, 0.3) is 11.1 Å². The summed E-state index contributed by atoms with van der Waals surface area (Å²) < 4.78 is 1.67. The number of amides is 2. The molecule has 3 aromatic rings. The number of aryl methyl sites for hydroxylation is 2. The molecule has 0 unspecified atom stereocenters.